The number of carboxylic acids is 1. The highest BCUT2D eigenvalue weighted by Crippen LogP contribution is 2.38. The van der Waals surface area contributed by atoms with Gasteiger partial charge in [-0.25, -0.2) is 9.18 Å². The van der Waals surface area contributed by atoms with Crippen molar-refractivity contribution in [2.75, 3.05) is 19.8 Å². The Kier molecular flexibility index (Phi) is 8.06. The number of carbonyl (C=O) groups excluding carboxylic acids is 1. The monoisotopic (exact) mass is 457 g/mol. The van der Waals surface area contributed by atoms with Gasteiger partial charge in [-0.15, -0.1) is 5.06 Å². The first-order valence-electron chi connectivity index (χ1n) is 10.8. The summed E-state index contributed by atoms with van der Waals surface area (Å²) in [6.45, 7) is 6.66. The molecule has 0 saturated carbocycles. The van der Waals surface area contributed by atoms with Crippen LogP contribution in [0.2, 0.25) is 0 Å². The summed E-state index contributed by atoms with van der Waals surface area (Å²) in [7, 11) is 0. The molecule has 0 bridgehead atoms. The van der Waals surface area contributed by atoms with Gasteiger partial charge in [0.25, 0.3) is 0 Å². The van der Waals surface area contributed by atoms with Crippen molar-refractivity contribution >= 4 is 12.1 Å². The molecule has 0 aliphatic carbocycles. The third-order valence-corrected chi connectivity index (χ3v) is 5.21. The zero-order chi connectivity index (χ0) is 24.0. The number of ether oxygens (including phenoxy) is 2. The Morgan fingerprint density at radius 2 is 1.94 bits per heavy atom. The summed E-state index contributed by atoms with van der Waals surface area (Å²) >= 11 is 0. The van der Waals surface area contributed by atoms with Crippen molar-refractivity contribution in [3.05, 3.63) is 64.5 Å². The maximum absolute atomic E-state index is 14.6. The number of rotatable bonds is 8. The molecule has 33 heavy (non-hydrogen) atoms. The van der Waals surface area contributed by atoms with Crippen molar-refractivity contribution in [2.24, 2.45) is 0 Å². The van der Waals surface area contributed by atoms with E-state index in [9.17, 15) is 19.1 Å². The first-order chi connectivity index (χ1) is 15.8. The van der Waals surface area contributed by atoms with E-state index in [0.717, 1.165) is 5.57 Å². The summed E-state index contributed by atoms with van der Waals surface area (Å²) in [6, 6.07) is 8.23. The van der Waals surface area contributed by atoms with Crippen LogP contribution < -0.4 is 4.74 Å². The molecule has 8 heteroatoms. The summed E-state index contributed by atoms with van der Waals surface area (Å²) < 4.78 is 25.5. The Morgan fingerprint density at radius 3 is 2.64 bits per heavy atom. The van der Waals surface area contributed by atoms with Crippen LogP contribution in [0.25, 0.3) is 11.1 Å². The Hall–Kier alpha value is -3.39. The SMILES string of the molecule is CCOc1ccc(CC(=O)O)cc1-c1ccc(F)c2c1CN(OC(=O)OCC=C(C)C)CC2. The molecule has 176 valence electrons. The summed E-state index contributed by atoms with van der Waals surface area (Å²) in [5.41, 5.74) is 4.19. The minimum Gasteiger partial charge on any atom is -0.493 e. The number of hydrogen-bond acceptors (Lipinski definition) is 6. The minimum atomic E-state index is -0.947. The van der Waals surface area contributed by atoms with Gasteiger partial charge in [-0.3, -0.25) is 4.79 Å². The Balaban J connectivity index is 1.92. The molecule has 0 atom stereocenters. The van der Waals surface area contributed by atoms with Crippen LogP contribution in [0, 0.1) is 5.82 Å². The second kappa shape index (κ2) is 11.0. The Morgan fingerprint density at radius 1 is 1.15 bits per heavy atom. The molecule has 0 fully saturated rings. The highest BCUT2D eigenvalue weighted by Gasteiger charge is 2.26. The van der Waals surface area contributed by atoms with E-state index in [0.29, 0.717) is 53.1 Å². The van der Waals surface area contributed by atoms with Gasteiger partial charge in [0.1, 0.15) is 18.2 Å². The number of fused-ring (bicyclic) bond motifs is 1. The van der Waals surface area contributed by atoms with E-state index in [-0.39, 0.29) is 25.4 Å². The van der Waals surface area contributed by atoms with Crippen LogP contribution in [0.4, 0.5) is 9.18 Å². The van der Waals surface area contributed by atoms with E-state index in [1.807, 2.05) is 20.8 Å². The molecule has 0 saturated heterocycles. The fourth-order valence-electron chi connectivity index (χ4n) is 3.70. The molecule has 2 aromatic carbocycles. The number of allylic oxidation sites excluding steroid dienone is 1. The topological polar surface area (TPSA) is 85.3 Å². The highest BCUT2D eigenvalue weighted by atomic mass is 19.1. The van der Waals surface area contributed by atoms with Crippen molar-refractivity contribution in [2.45, 2.75) is 40.2 Å². The number of nitrogens with zero attached hydrogens (tertiary/aromatic N) is 1. The van der Waals surface area contributed by atoms with E-state index in [1.165, 1.54) is 11.1 Å². The van der Waals surface area contributed by atoms with Crippen molar-refractivity contribution in [1.29, 1.82) is 0 Å². The first kappa shape index (κ1) is 24.3. The number of carbonyl (C=O) groups is 2. The van der Waals surface area contributed by atoms with Gasteiger partial charge in [-0.1, -0.05) is 17.7 Å². The van der Waals surface area contributed by atoms with Gasteiger partial charge in [0.2, 0.25) is 0 Å². The second-order valence-corrected chi connectivity index (χ2v) is 7.93. The van der Waals surface area contributed by atoms with Gasteiger partial charge in [0, 0.05) is 12.1 Å². The molecule has 0 radical (unpaired) electrons. The van der Waals surface area contributed by atoms with Crippen molar-refractivity contribution in [3.8, 4) is 16.9 Å². The van der Waals surface area contributed by atoms with Crippen molar-refractivity contribution in [3.63, 3.8) is 0 Å². The lowest BCUT2D eigenvalue weighted by molar-refractivity contribution is -0.136. The van der Waals surface area contributed by atoms with E-state index in [4.69, 9.17) is 14.3 Å². The Labute approximate surface area is 192 Å². The molecule has 0 unspecified atom stereocenters. The molecule has 2 aromatic rings. The van der Waals surface area contributed by atoms with Crippen molar-refractivity contribution in [1.82, 2.24) is 5.06 Å². The van der Waals surface area contributed by atoms with Gasteiger partial charge in [-0.05, 0) is 73.7 Å². The second-order valence-electron chi connectivity index (χ2n) is 7.93. The Bertz CT molecular complexity index is 1060. The third kappa shape index (κ3) is 6.32. The quantitative estimate of drug-likeness (QED) is 0.445. The van der Waals surface area contributed by atoms with Gasteiger partial charge in [-0.2, -0.15) is 0 Å². The lowest BCUT2D eigenvalue weighted by Gasteiger charge is -2.29. The zero-order valence-electron chi connectivity index (χ0n) is 19.0. The highest BCUT2D eigenvalue weighted by molar-refractivity contribution is 5.77. The average molecular weight is 457 g/mol. The third-order valence-electron chi connectivity index (χ3n) is 5.21. The summed E-state index contributed by atoms with van der Waals surface area (Å²) in [4.78, 5) is 28.6. The minimum absolute atomic E-state index is 0.111. The molecule has 1 aliphatic heterocycles. The van der Waals surface area contributed by atoms with E-state index < -0.39 is 12.1 Å². The normalized spacial score (nSPS) is 13.1. The molecule has 0 aromatic heterocycles. The average Bonchev–Trinajstić information content (AvgIpc) is 2.75. The van der Waals surface area contributed by atoms with E-state index in [1.54, 1.807) is 30.3 Å². The lowest BCUT2D eigenvalue weighted by Crippen LogP contribution is -2.34. The maximum atomic E-state index is 14.6. The predicted molar refractivity (Wildman–Crippen MR) is 120 cm³/mol. The summed E-state index contributed by atoms with van der Waals surface area (Å²) in [5, 5.41) is 10.6. The van der Waals surface area contributed by atoms with Crippen molar-refractivity contribution < 1.29 is 33.4 Å². The van der Waals surface area contributed by atoms with Gasteiger partial charge < -0.3 is 19.4 Å². The van der Waals surface area contributed by atoms with E-state index in [2.05, 4.69) is 0 Å². The number of hydrogen-bond donors (Lipinski definition) is 1. The number of halogens is 1. The van der Waals surface area contributed by atoms with Gasteiger partial charge >= 0.3 is 12.1 Å². The number of benzene rings is 2. The smallest absolute Gasteiger partial charge is 0.493 e. The van der Waals surface area contributed by atoms with Crippen LogP contribution in [0.5, 0.6) is 5.75 Å². The largest absolute Gasteiger partial charge is 0.528 e. The number of aliphatic carboxylic acids is 1. The molecular formula is C25H28FNO6. The van der Waals surface area contributed by atoms with Crippen LogP contribution in [0.1, 0.15) is 37.5 Å². The van der Waals surface area contributed by atoms with E-state index >= 15 is 0 Å². The van der Waals surface area contributed by atoms with Gasteiger partial charge in [0.05, 0.1) is 19.6 Å². The standard InChI is InChI=1S/C25H28FNO6/c1-4-31-23-8-5-17(14-24(28)29)13-20(23)18-6-7-22(26)19-9-11-27(15-21(18)19)33-25(30)32-12-10-16(2)3/h5-8,10,13H,4,9,11-12,14-15H2,1-3H3,(H,28,29). The first-order valence-corrected chi connectivity index (χ1v) is 10.8. The molecule has 1 N–H and O–H groups in total. The molecule has 3 rings (SSSR count). The van der Waals surface area contributed by atoms with Crippen LogP contribution in [-0.4, -0.2) is 42.1 Å². The van der Waals surface area contributed by atoms with Gasteiger partial charge in [0.15, 0.2) is 0 Å². The molecule has 7 nitrogen and oxygen atoms in total. The van der Waals surface area contributed by atoms with Crippen LogP contribution in [0.3, 0.4) is 0 Å². The lowest BCUT2D eigenvalue weighted by atomic mass is 9.90. The molecule has 1 aliphatic rings. The van der Waals surface area contributed by atoms with Crippen LogP contribution in [0.15, 0.2) is 42.0 Å². The van der Waals surface area contributed by atoms with Crippen LogP contribution >= 0.6 is 0 Å². The summed E-state index contributed by atoms with van der Waals surface area (Å²) in [6.07, 6.45) is 1.14. The molecule has 1 heterocycles. The van der Waals surface area contributed by atoms with Crippen LogP contribution in [-0.2, 0) is 33.8 Å². The number of hydroxylamine groups is 2. The molecule has 0 spiro atoms. The fourth-order valence-corrected chi connectivity index (χ4v) is 3.70. The number of carboxylic acid groups (broad SMARTS) is 1. The molecule has 0 amide bonds. The zero-order valence-corrected chi connectivity index (χ0v) is 19.0. The fraction of sp³-hybridized carbons (Fsp3) is 0.360. The predicted octanol–water partition coefficient (Wildman–Crippen LogP) is 4.91. The maximum Gasteiger partial charge on any atom is 0.528 e. The molecular weight excluding hydrogens is 429 g/mol. The summed E-state index contributed by atoms with van der Waals surface area (Å²) in [5.74, 6) is -0.712.